The third kappa shape index (κ3) is 6.20. The molecule has 0 saturated heterocycles. The number of aryl methyl sites for hydroxylation is 4. The fraction of sp³-hybridized carbons (Fsp3) is 0.378. The zero-order chi connectivity index (χ0) is 35.1. The van der Waals surface area contributed by atoms with E-state index in [1.807, 2.05) is 0 Å². The van der Waals surface area contributed by atoms with E-state index in [0.29, 0.717) is 0 Å². The normalized spacial score (nSPS) is 17.8. The predicted molar refractivity (Wildman–Crippen MR) is 218 cm³/mol. The minimum absolute atomic E-state index is 0.109. The molecule has 0 heterocycles. The van der Waals surface area contributed by atoms with Crippen LogP contribution in [0.5, 0.6) is 0 Å². The SMILES string of the molecule is CCCc1ccc(-c2ccc(C)c3c2C=C(C)[CH]3[Zr]([Cl])([Cl])([CH]2C(CC)=Cc3c(-c4ccc(CCC)cc4)ccc(C)c32)[SiH](CC)CC)cc1. The quantitative estimate of drug-likeness (QED) is 0.126. The fourth-order valence-electron chi connectivity index (χ4n) is 9.70. The number of hydrogen-bond acceptors (Lipinski definition) is 0. The molecule has 0 spiro atoms. The van der Waals surface area contributed by atoms with E-state index >= 15 is 0 Å². The van der Waals surface area contributed by atoms with Gasteiger partial charge in [-0.2, -0.15) is 0 Å². The Bertz CT molecular complexity index is 1910. The van der Waals surface area contributed by atoms with Crippen LogP contribution in [0.2, 0.25) is 12.1 Å². The monoisotopic (exact) mass is 783 g/mol. The van der Waals surface area contributed by atoms with Crippen molar-refractivity contribution in [2.75, 3.05) is 0 Å². The molecule has 0 bridgehead atoms. The molecule has 4 aromatic rings. The summed E-state index contributed by atoms with van der Waals surface area (Å²) in [6, 6.07) is 30.2. The molecule has 4 aromatic carbocycles. The Balaban J connectivity index is 1.58. The van der Waals surface area contributed by atoms with Crippen molar-refractivity contribution in [1.82, 2.24) is 0 Å². The number of hydrogen-bond donors (Lipinski definition) is 0. The van der Waals surface area contributed by atoms with Crippen LogP contribution in [0.3, 0.4) is 0 Å². The second-order valence-corrected chi connectivity index (χ2v) is 55.7. The standard InChI is InChI=1S/C21H23.C20H21.C4H11Si.2ClH.Zr/c1-4-6-17-8-10-18(11-9-17)19-12-7-15(3)20-13-16(5-2)14-21(19)20;1-4-5-16-7-9-17(10-8-16)18-11-6-15(3)19-12-14(2)13-20(18)19;1-3-5-4-2;;;/h7-14H,4-6H2,1-3H3;6-13H,4-5H2,1-3H3;5H,3-4H2,1-2H3;2*1H;/q;;;;;+2/p-2. The van der Waals surface area contributed by atoms with Gasteiger partial charge in [-0.05, 0) is 0 Å². The van der Waals surface area contributed by atoms with Crippen molar-refractivity contribution in [2.45, 2.75) is 107 Å². The predicted octanol–water partition coefficient (Wildman–Crippen LogP) is 14.3. The molecule has 6 rings (SSSR count). The first-order valence-electron chi connectivity index (χ1n) is 18.9. The summed E-state index contributed by atoms with van der Waals surface area (Å²) < 4.78 is 0.231. The molecule has 49 heavy (non-hydrogen) atoms. The number of rotatable bonds is 12. The van der Waals surface area contributed by atoms with Gasteiger partial charge in [0, 0.05) is 0 Å². The Labute approximate surface area is 305 Å². The van der Waals surface area contributed by atoms with Gasteiger partial charge in [0.15, 0.2) is 0 Å². The van der Waals surface area contributed by atoms with Crippen LogP contribution in [-0.4, -0.2) is 5.92 Å². The van der Waals surface area contributed by atoms with E-state index in [2.05, 4.69) is 140 Å². The van der Waals surface area contributed by atoms with E-state index in [9.17, 15) is 0 Å². The molecule has 0 aliphatic heterocycles. The number of halogens is 2. The van der Waals surface area contributed by atoms with Crippen LogP contribution in [0.25, 0.3) is 34.4 Å². The van der Waals surface area contributed by atoms with Crippen LogP contribution in [0.1, 0.15) is 113 Å². The van der Waals surface area contributed by atoms with Crippen LogP contribution >= 0.6 is 17.0 Å². The Morgan fingerprint density at radius 3 is 1.45 bits per heavy atom. The summed E-state index contributed by atoms with van der Waals surface area (Å²) in [5.74, 6) is -1.64. The molecule has 4 heteroatoms. The van der Waals surface area contributed by atoms with Gasteiger partial charge in [0.25, 0.3) is 0 Å². The van der Waals surface area contributed by atoms with Crippen molar-refractivity contribution in [3.05, 3.63) is 128 Å². The first kappa shape index (κ1) is 36.8. The summed E-state index contributed by atoms with van der Waals surface area (Å²) in [4.78, 5) is 0. The van der Waals surface area contributed by atoms with Crippen molar-refractivity contribution in [1.29, 1.82) is 0 Å². The van der Waals surface area contributed by atoms with Gasteiger partial charge in [-0.3, -0.25) is 0 Å². The van der Waals surface area contributed by atoms with Gasteiger partial charge in [-0.1, -0.05) is 0 Å². The van der Waals surface area contributed by atoms with Gasteiger partial charge >= 0.3 is 308 Å². The molecule has 0 radical (unpaired) electrons. The van der Waals surface area contributed by atoms with Gasteiger partial charge in [0.2, 0.25) is 0 Å². The van der Waals surface area contributed by atoms with Gasteiger partial charge in [0.05, 0.1) is 0 Å². The molecule has 2 atom stereocenters. The topological polar surface area (TPSA) is 0 Å². The van der Waals surface area contributed by atoms with E-state index in [1.54, 1.807) is 0 Å². The van der Waals surface area contributed by atoms with E-state index in [-0.39, 0.29) is 7.25 Å². The summed E-state index contributed by atoms with van der Waals surface area (Å²) in [7, 11) is 17.8. The molecule has 257 valence electrons. The summed E-state index contributed by atoms with van der Waals surface area (Å²) in [6.45, 7) is 18.6. The third-order valence-corrected chi connectivity index (χ3v) is 62.0. The number of benzene rings is 4. The molecular weight excluding hydrogens is 731 g/mol. The van der Waals surface area contributed by atoms with E-state index in [1.165, 1.54) is 77.9 Å². The van der Waals surface area contributed by atoms with Crippen LogP contribution in [0.4, 0.5) is 0 Å². The zero-order valence-electron chi connectivity index (χ0n) is 31.0. The summed E-state index contributed by atoms with van der Waals surface area (Å²) in [6.07, 6.45) is 10.5. The van der Waals surface area contributed by atoms with Gasteiger partial charge < -0.3 is 0 Å². The van der Waals surface area contributed by atoms with Crippen molar-refractivity contribution in [3.8, 4) is 22.3 Å². The van der Waals surface area contributed by atoms with Gasteiger partial charge in [-0.15, -0.1) is 0 Å². The van der Waals surface area contributed by atoms with E-state index in [0.717, 1.165) is 44.2 Å². The van der Waals surface area contributed by atoms with Crippen LogP contribution < -0.4 is 0 Å². The van der Waals surface area contributed by atoms with E-state index in [4.69, 9.17) is 17.0 Å². The van der Waals surface area contributed by atoms with Crippen molar-refractivity contribution in [2.24, 2.45) is 0 Å². The number of allylic oxidation sites excluding steroid dienone is 2. The maximum atomic E-state index is 8.90. The Kier molecular flexibility index (Phi) is 11.0. The second kappa shape index (κ2) is 14.6. The molecule has 0 aromatic heterocycles. The van der Waals surface area contributed by atoms with Crippen LogP contribution in [0.15, 0.2) is 83.9 Å². The molecule has 2 aliphatic rings. The maximum absolute atomic E-state index is 8.90. The molecular formula is C45H55Cl2SiZr. The Hall–Kier alpha value is -1.96. The molecule has 2 aliphatic carbocycles. The van der Waals surface area contributed by atoms with E-state index < -0.39 is 21.5 Å². The zero-order valence-corrected chi connectivity index (χ0v) is 36.1. The first-order chi connectivity index (χ1) is 23.5. The van der Waals surface area contributed by atoms with Crippen molar-refractivity contribution in [3.63, 3.8) is 0 Å². The van der Waals surface area contributed by atoms with Crippen molar-refractivity contribution >= 4 is 35.1 Å². The third-order valence-electron chi connectivity index (χ3n) is 12.0. The Morgan fingerprint density at radius 2 is 1.02 bits per heavy atom. The molecule has 0 nitrogen and oxygen atoms in total. The first-order valence-corrected chi connectivity index (χ1v) is 34.6. The number of fused-ring (bicyclic) bond motifs is 2. The van der Waals surface area contributed by atoms with Crippen molar-refractivity contribution < 1.29 is 15.6 Å². The summed E-state index contributed by atoms with van der Waals surface area (Å²) >= 11 is -4.91. The van der Waals surface area contributed by atoms with Crippen LogP contribution in [-0.2, 0) is 28.4 Å². The summed E-state index contributed by atoms with van der Waals surface area (Å²) in [5, 5.41) is 0. The fourth-order valence-corrected chi connectivity index (χ4v) is 63.5. The minimum atomic E-state index is -4.91. The second-order valence-electron chi connectivity index (χ2n) is 15.0. The molecule has 0 amide bonds. The Morgan fingerprint density at radius 1 is 0.571 bits per heavy atom. The van der Waals surface area contributed by atoms with Gasteiger partial charge in [0.1, 0.15) is 0 Å². The molecule has 0 saturated carbocycles. The van der Waals surface area contributed by atoms with Crippen LogP contribution in [0, 0.1) is 13.8 Å². The summed E-state index contributed by atoms with van der Waals surface area (Å²) in [5.41, 5.74) is 19.1. The average Bonchev–Trinajstić information content (AvgIpc) is 3.68. The molecule has 0 fully saturated rings. The van der Waals surface area contributed by atoms with Gasteiger partial charge in [-0.25, -0.2) is 0 Å². The molecule has 2 unspecified atom stereocenters. The average molecular weight is 786 g/mol. The molecule has 0 N–H and O–H groups in total.